The molecule has 0 fully saturated rings. The maximum Gasteiger partial charge on any atom is 0.273 e. The van der Waals surface area contributed by atoms with Crippen molar-refractivity contribution in [3.05, 3.63) is 70.4 Å². The highest BCUT2D eigenvalue weighted by atomic mass is 35.5. The number of carbonyl (C=O) groups excluding carboxylic acids is 1. The molecular weight excluding hydrogens is 478 g/mol. The average Bonchev–Trinajstić information content (AvgIpc) is 3.50. The minimum Gasteiger partial charge on any atom is -0.380 e. The first kappa shape index (κ1) is 23.9. The predicted octanol–water partition coefficient (Wildman–Crippen LogP) is 4.77. The summed E-state index contributed by atoms with van der Waals surface area (Å²) in [7, 11) is 3.40. The predicted molar refractivity (Wildman–Crippen MR) is 139 cm³/mol. The van der Waals surface area contributed by atoms with Crippen molar-refractivity contribution in [1.29, 1.82) is 0 Å². The van der Waals surface area contributed by atoms with Gasteiger partial charge in [-0.05, 0) is 43.7 Å². The number of H-pyrrole nitrogens is 1. The molecule has 10 heteroatoms. The zero-order valence-corrected chi connectivity index (χ0v) is 21.3. The van der Waals surface area contributed by atoms with Gasteiger partial charge in [0.05, 0.1) is 40.7 Å². The van der Waals surface area contributed by atoms with Crippen molar-refractivity contribution >= 4 is 39.4 Å². The lowest BCUT2D eigenvalue weighted by atomic mass is 10.1. The molecule has 1 amide bonds. The number of methoxy groups -OCH3 is 1. The number of benzene rings is 2. The van der Waals surface area contributed by atoms with Crippen molar-refractivity contribution in [2.45, 2.75) is 33.5 Å². The van der Waals surface area contributed by atoms with Crippen molar-refractivity contribution in [2.75, 3.05) is 14.2 Å². The van der Waals surface area contributed by atoms with Gasteiger partial charge in [0.15, 0.2) is 5.82 Å². The van der Waals surface area contributed by atoms with Crippen LogP contribution in [0.5, 0.6) is 0 Å². The number of nitrogens with zero attached hydrogens (tertiary/aromatic N) is 6. The van der Waals surface area contributed by atoms with Crippen molar-refractivity contribution in [1.82, 2.24) is 34.6 Å². The van der Waals surface area contributed by atoms with Crippen LogP contribution in [0.15, 0.2) is 42.9 Å². The molecule has 184 valence electrons. The van der Waals surface area contributed by atoms with Gasteiger partial charge in [-0.1, -0.05) is 17.7 Å². The number of halogens is 1. The third-order valence-electron chi connectivity index (χ3n) is 6.31. The van der Waals surface area contributed by atoms with Crippen LogP contribution in [0.4, 0.5) is 0 Å². The molecule has 0 aliphatic rings. The highest BCUT2D eigenvalue weighted by molar-refractivity contribution is 6.37. The molecule has 0 atom stereocenters. The minimum absolute atomic E-state index is 0.222. The second-order valence-electron chi connectivity index (χ2n) is 8.64. The van der Waals surface area contributed by atoms with Crippen LogP contribution >= 0.6 is 11.6 Å². The van der Waals surface area contributed by atoms with Gasteiger partial charge in [0.25, 0.3) is 5.91 Å². The molecule has 3 aromatic heterocycles. The van der Waals surface area contributed by atoms with Crippen LogP contribution in [0, 0.1) is 6.92 Å². The third kappa shape index (κ3) is 4.20. The van der Waals surface area contributed by atoms with Crippen LogP contribution in [-0.2, 0) is 24.4 Å². The van der Waals surface area contributed by atoms with Crippen LogP contribution in [0.2, 0.25) is 5.02 Å². The number of nitrogens with one attached hydrogen (secondary N) is 1. The van der Waals surface area contributed by atoms with E-state index >= 15 is 0 Å². The van der Waals surface area contributed by atoms with E-state index in [1.54, 1.807) is 25.4 Å². The Labute approximate surface area is 213 Å². The Balaban J connectivity index is 1.62. The molecule has 5 aromatic rings. The van der Waals surface area contributed by atoms with E-state index in [0.717, 1.165) is 28.9 Å². The van der Waals surface area contributed by atoms with Crippen LogP contribution in [0.3, 0.4) is 0 Å². The third-order valence-corrected chi connectivity index (χ3v) is 6.70. The molecule has 1 N–H and O–H groups in total. The largest absolute Gasteiger partial charge is 0.380 e. The highest BCUT2D eigenvalue weighted by Crippen LogP contribution is 2.33. The molecule has 0 bridgehead atoms. The molecule has 0 aliphatic heterocycles. The monoisotopic (exact) mass is 503 g/mol. The van der Waals surface area contributed by atoms with Crippen LogP contribution in [0.25, 0.3) is 33.3 Å². The molecule has 36 heavy (non-hydrogen) atoms. The van der Waals surface area contributed by atoms with E-state index in [4.69, 9.17) is 26.3 Å². The molecule has 0 unspecified atom stereocenters. The molecule has 0 radical (unpaired) electrons. The fraction of sp³-hybridized carbons (Fsp3) is 0.269. The lowest BCUT2D eigenvalue weighted by Gasteiger charge is -2.18. The number of aromatic amines is 1. The first-order valence-corrected chi connectivity index (χ1v) is 12.0. The van der Waals surface area contributed by atoms with Gasteiger partial charge in [-0.3, -0.25) is 9.48 Å². The number of imidazole rings is 1. The van der Waals surface area contributed by atoms with E-state index in [0.29, 0.717) is 51.7 Å². The summed E-state index contributed by atoms with van der Waals surface area (Å²) >= 11 is 6.70. The molecule has 9 nitrogen and oxygen atoms in total. The number of carbonyl (C=O) groups is 1. The van der Waals surface area contributed by atoms with Gasteiger partial charge < -0.3 is 14.6 Å². The number of rotatable bonds is 7. The van der Waals surface area contributed by atoms with E-state index in [9.17, 15) is 4.79 Å². The zero-order chi connectivity index (χ0) is 25.4. The molecule has 0 spiro atoms. The first-order valence-electron chi connectivity index (χ1n) is 11.6. The fourth-order valence-electron chi connectivity index (χ4n) is 4.33. The van der Waals surface area contributed by atoms with Gasteiger partial charge in [0.2, 0.25) is 0 Å². The van der Waals surface area contributed by atoms with Crippen LogP contribution < -0.4 is 0 Å². The Morgan fingerprint density at radius 1 is 1.19 bits per heavy atom. The number of aromatic nitrogens is 6. The topological polar surface area (TPSA) is 102 Å². The summed E-state index contributed by atoms with van der Waals surface area (Å²) in [5, 5.41) is 5.51. The number of aryl methyl sites for hydroxylation is 1. The van der Waals surface area contributed by atoms with Gasteiger partial charge in [-0.15, -0.1) is 0 Å². The Morgan fingerprint density at radius 3 is 2.75 bits per heavy atom. The van der Waals surface area contributed by atoms with Crippen LogP contribution in [0.1, 0.15) is 34.2 Å². The molecule has 0 aliphatic carbocycles. The summed E-state index contributed by atoms with van der Waals surface area (Å²) in [6.45, 7) is 5.64. The molecule has 2 aromatic carbocycles. The first-order chi connectivity index (χ1) is 17.4. The fourth-order valence-corrected chi connectivity index (χ4v) is 4.63. The van der Waals surface area contributed by atoms with E-state index in [-0.39, 0.29) is 5.91 Å². The Morgan fingerprint density at radius 2 is 2.00 bits per heavy atom. The smallest absolute Gasteiger partial charge is 0.273 e. The summed E-state index contributed by atoms with van der Waals surface area (Å²) in [6, 6.07) is 9.40. The quantitative estimate of drug-likeness (QED) is 0.343. The van der Waals surface area contributed by atoms with Gasteiger partial charge >= 0.3 is 0 Å². The lowest BCUT2D eigenvalue weighted by molar-refractivity contribution is 0.0781. The Kier molecular flexibility index (Phi) is 6.42. The second kappa shape index (κ2) is 9.67. The van der Waals surface area contributed by atoms with Crippen molar-refractivity contribution < 1.29 is 9.53 Å². The number of hydrogen-bond acceptors (Lipinski definition) is 6. The number of ether oxygens (including phenoxy) is 1. The maximum absolute atomic E-state index is 13.8. The average molecular weight is 504 g/mol. The molecule has 5 rings (SSSR count). The highest BCUT2D eigenvalue weighted by Gasteiger charge is 2.22. The normalized spacial score (nSPS) is 11.5. The SMILES string of the molecule is CCn1ncc(CN(C)C(=O)c2nc(-c3ccc4nc[nH]c4c3Cl)nc3ccc(COC)cc23)c1C. The summed E-state index contributed by atoms with van der Waals surface area (Å²) in [4.78, 5) is 32.3. The summed E-state index contributed by atoms with van der Waals surface area (Å²) in [6.07, 6.45) is 3.40. The number of amides is 1. The van der Waals surface area contributed by atoms with Crippen molar-refractivity contribution in [2.24, 2.45) is 0 Å². The van der Waals surface area contributed by atoms with E-state index < -0.39 is 0 Å². The van der Waals surface area contributed by atoms with E-state index in [2.05, 4.69) is 15.1 Å². The zero-order valence-electron chi connectivity index (χ0n) is 20.5. The van der Waals surface area contributed by atoms with Gasteiger partial charge in [0, 0.05) is 49.5 Å². The van der Waals surface area contributed by atoms with Crippen molar-refractivity contribution in [3.63, 3.8) is 0 Å². The summed E-state index contributed by atoms with van der Waals surface area (Å²) in [5.41, 5.74) is 5.95. The second-order valence-corrected chi connectivity index (χ2v) is 9.01. The Hall–Kier alpha value is -3.82. The van der Waals surface area contributed by atoms with Gasteiger partial charge in [-0.25, -0.2) is 15.0 Å². The maximum atomic E-state index is 13.8. The molecule has 0 saturated carbocycles. The Bertz CT molecular complexity index is 1590. The molecular formula is C26H26ClN7O2. The van der Waals surface area contributed by atoms with E-state index in [1.807, 2.05) is 55.1 Å². The molecule has 0 saturated heterocycles. The van der Waals surface area contributed by atoms with Gasteiger partial charge in [0.1, 0.15) is 5.69 Å². The standard InChI is InChI=1S/C26H26ClN7O2/c1-5-34-15(2)17(11-30-34)12-33(3)26(35)23-19-10-16(13-36-4)6-8-20(19)31-25(32-23)18-7-9-21-24(22(18)27)29-14-28-21/h6-11,14H,5,12-13H2,1-4H3,(H,28,29). The van der Waals surface area contributed by atoms with E-state index in [1.165, 1.54) is 0 Å². The lowest BCUT2D eigenvalue weighted by Crippen LogP contribution is -2.28. The number of hydrogen-bond donors (Lipinski definition) is 1. The van der Waals surface area contributed by atoms with Gasteiger partial charge in [-0.2, -0.15) is 5.10 Å². The summed E-state index contributed by atoms with van der Waals surface area (Å²) < 4.78 is 7.21. The molecule has 3 heterocycles. The number of fused-ring (bicyclic) bond motifs is 2. The minimum atomic E-state index is -0.222. The summed E-state index contributed by atoms with van der Waals surface area (Å²) in [5.74, 6) is 0.149. The van der Waals surface area contributed by atoms with Crippen molar-refractivity contribution in [3.8, 4) is 11.4 Å². The van der Waals surface area contributed by atoms with Crippen LogP contribution in [-0.4, -0.2) is 54.7 Å².